The Morgan fingerprint density at radius 2 is 0.929 bits per heavy atom. The maximum Gasteiger partial charge on any atom is 0.224 e. The first-order valence-electron chi connectivity index (χ1n) is 2.55. The lowest BCUT2D eigenvalue weighted by Gasteiger charge is -2.01. The Kier molecular flexibility index (Phi) is 15.0. The first-order chi connectivity index (χ1) is 4.61. The molecular formula is C4H12Cl4N6. The van der Waals surface area contributed by atoms with Gasteiger partial charge in [-0.25, -0.2) is 0 Å². The van der Waals surface area contributed by atoms with Gasteiger partial charge in [-0.3, -0.25) is 0 Å². The molecule has 1 heterocycles. The smallest absolute Gasteiger partial charge is 0.224 e. The summed E-state index contributed by atoms with van der Waals surface area (Å²) in [6.07, 6.45) is 0. The molecule has 1 rings (SSSR count). The third-order valence-electron chi connectivity index (χ3n) is 1.02. The molecule has 1 aromatic rings. The lowest BCUT2D eigenvalue weighted by Crippen LogP contribution is -2.07. The Labute approximate surface area is 106 Å². The van der Waals surface area contributed by atoms with Crippen LogP contribution in [-0.4, -0.2) is 9.97 Å². The maximum atomic E-state index is 5.32. The number of aromatic nitrogens is 2. The Morgan fingerprint density at radius 1 is 0.643 bits per heavy atom. The molecule has 0 saturated heterocycles. The molecule has 0 amide bonds. The maximum absolute atomic E-state index is 5.32. The molecule has 1 aromatic heterocycles. The summed E-state index contributed by atoms with van der Waals surface area (Å²) >= 11 is 0. The Morgan fingerprint density at radius 3 is 1.21 bits per heavy atom. The van der Waals surface area contributed by atoms with E-state index in [4.69, 9.17) is 22.9 Å². The number of hydrogen-bond donors (Lipinski definition) is 4. The van der Waals surface area contributed by atoms with Crippen LogP contribution in [0.25, 0.3) is 0 Å². The summed E-state index contributed by atoms with van der Waals surface area (Å²) in [6.45, 7) is 0. The first-order valence-corrected chi connectivity index (χ1v) is 2.55. The predicted molar refractivity (Wildman–Crippen MR) is 68.7 cm³/mol. The van der Waals surface area contributed by atoms with Crippen molar-refractivity contribution in [2.24, 2.45) is 0 Å². The average molecular weight is 286 g/mol. The summed E-state index contributed by atoms with van der Waals surface area (Å²) in [4.78, 5) is 7.15. The highest BCUT2D eigenvalue weighted by atomic mass is 35.5. The van der Waals surface area contributed by atoms with Crippen molar-refractivity contribution in [3.63, 3.8) is 0 Å². The second-order valence-electron chi connectivity index (χ2n) is 1.77. The lowest BCUT2D eigenvalue weighted by atomic mass is 10.4. The van der Waals surface area contributed by atoms with Crippen LogP contribution < -0.4 is 22.9 Å². The predicted octanol–water partition coefficient (Wildman–Crippen LogP) is 0.493. The van der Waals surface area contributed by atoms with Gasteiger partial charge in [0.2, 0.25) is 5.95 Å². The minimum atomic E-state index is 0. The van der Waals surface area contributed by atoms with Gasteiger partial charge < -0.3 is 22.9 Å². The molecule has 0 radical (unpaired) electrons. The molecule has 0 saturated carbocycles. The molecule has 0 atom stereocenters. The Balaban J connectivity index is -0.000000125. The molecule has 0 spiro atoms. The van der Waals surface area contributed by atoms with Gasteiger partial charge in [0.1, 0.15) is 5.69 Å². The van der Waals surface area contributed by atoms with Crippen molar-refractivity contribution in [1.29, 1.82) is 0 Å². The fourth-order valence-electron chi connectivity index (χ4n) is 0.523. The molecule has 0 aliphatic heterocycles. The minimum Gasteiger partial charge on any atom is -0.393 e. The third kappa shape index (κ3) is 5.23. The van der Waals surface area contributed by atoms with Gasteiger partial charge in [0, 0.05) is 0 Å². The van der Waals surface area contributed by atoms with Crippen LogP contribution in [0.3, 0.4) is 0 Å². The second kappa shape index (κ2) is 9.01. The van der Waals surface area contributed by atoms with Crippen LogP contribution in [0.1, 0.15) is 0 Å². The molecule has 0 aliphatic carbocycles. The van der Waals surface area contributed by atoms with Crippen molar-refractivity contribution in [3.8, 4) is 0 Å². The van der Waals surface area contributed by atoms with E-state index in [0.29, 0.717) is 0 Å². The van der Waals surface area contributed by atoms with Crippen molar-refractivity contribution in [3.05, 3.63) is 0 Å². The normalized spacial score (nSPS) is 6.86. The molecule has 86 valence electrons. The minimum absolute atomic E-state index is 0. The second-order valence-corrected chi connectivity index (χ2v) is 1.77. The SMILES string of the molecule is Cl.Cl.Cl.Cl.Nc1nc(N)c(N)c(N)n1. The fourth-order valence-corrected chi connectivity index (χ4v) is 0.523. The van der Waals surface area contributed by atoms with Crippen LogP contribution in [0.4, 0.5) is 23.3 Å². The standard InChI is InChI=1S/C4H8N6.4ClH/c5-1-2(6)9-4(8)10-3(1)7;;;;/h5H2,(H6,6,7,8,9,10);4*1H. The van der Waals surface area contributed by atoms with E-state index in [1.54, 1.807) is 0 Å². The van der Waals surface area contributed by atoms with Crippen molar-refractivity contribution >= 4 is 72.9 Å². The van der Waals surface area contributed by atoms with Gasteiger partial charge >= 0.3 is 0 Å². The molecule has 6 nitrogen and oxygen atoms in total. The zero-order chi connectivity index (χ0) is 7.72. The van der Waals surface area contributed by atoms with Crippen LogP contribution in [0, 0.1) is 0 Å². The van der Waals surface area contributed by atoms with Crippen LogP contribution in [0.2, 0.25) is 0 Å². The number of hydrogen-bond acceptors (Lipinski definition) is 6. The van der Waals surface area contributed by atoms with E-state index in [9.17, 15) is 0 Å². The van der Waals surface area contributed by atoms with E-state index in [2.05, 4.69) is 9.97 Å². The molecule has 0 unspecified atom stereocenters. The number of halogens is 4. The molecule has 14 heavy (non-hydrogen) atoms. The summed E-state index contributed by atoms with van der Waals surface area (Å²) in [5.41, 5.74) is 21.3. The highest BCUT2D eigenvalue weighted by molar-refractivity contribution is 5.86. The zero-order valence-corrected chi connectivity index (χ0v) is 10.1. The average Bonchev–Trinajstić information content (AvgIpc) is 1.82. The van der Waals surface area contributed by atoms with Gasteiger partial charge in [-0.15, -0.1) is 49.6 Å². The van der Waals surface area contributed by atoms with E-state index < -0.39 is 0 Å². The van der Waals surface area contributed by atoms with Crippen molar-refractivity contribution < 1.29 is 0 Å². The lowest BCUT2D eigenvalue weighted by molar-refractivity contribution is 1.21. The van der Waals surface area contributed by atoms with Gasteiger partial charge in [-0.1, -0.05) is 0 Å². The van der Waals surface area contributed by atoms with Crippen molar-refractivity contribution in [2.75, 3.05) is 22.9 Å². The number of nitrogens with zero attached hydrogens (tertiary/aromatic N) is 2. The van der Waals surface area contributed by atoms with Gasteiger partial charge in [-0.05, 0) is 0 Å². The Bertz CT molecular complexity index is 245. The number of anilines is 4. The highest BCUT2D eigenvalue weighted by Gasteiger charge is 2.02. The van der Waals surface area contributed by atoms with E-state index >= 15 is 0 Å². The largest absolute Gasteiger partial charge is 0.393 e. The Hall–Kier alpha value is -0.560. The zero-order valence-electron chi connectivity index (χ0n) is 6.84. The van der Waals surface area contributed by atoms with Gasteiger partial charge in [-0.2, -0.15) is 9.97 Å². The summed E-state index contributed by atoms with van der Waals surface area (Å²) in [5.74, 6) is 0.263. The van der Waals surface area contributed by atoms with Crippen LogP contribution in [0.5, 0.6) is 0 Å². The number of nitrogens with two attached hydrogens (primary N) is 4. The van der Waals surface area contributed by atoms with E-state index in [1.807, 2.05) is 0 Å². The van der Waals surface area contributed by atoms with E-state index in [1.165, 1.54) is 0 Å². The van der Waals surface area contributed by atoms with Crippen LogP contribution in [-0.2, 0) is 0 Å². The molecule has 0 fully saturated rings. The highest BCUT2D eigenvalue weighted by Crippen LogP contribution is 2.17. The molecule has 8 N–H and O–H groups in total. The van der Waals surface area contributed by atoms with E-state index in [0.717, 1.165) is 0 Å². The third-order valence-corrected chi connectivity index (χ3v) is 1.02. The molecule has 0 aliphatic rings. The van der Waals surface area contributed by atoms with Crippen molar-refractivity contribution in [1.82, 2.24) is 9.97 Å². The monoisotopic (exact) mass is 284 g/mol. The summed E-state index contributed by atoms with van der Waals surface area (Å²) in [7, 11) is 0. The molecule has 0 aromatic carbocycles. The molecular weight excluding hydrogens is 274 g/mol. The summed E-state index contributed by atoms with van der Waals surface area (Å²) in [5, 5.41) is 0. The fraction of sp³-hybridized carbons (Fsp3) is 0. The van der Waals surface area contributed by atoms with E-state index in [-0.39, 0.29) is 72.9 Å². The van der Waals surface area contributed by atoms with Crippen LogP contribution in [0.15, 0.2) is 0 Å². The van der Waals surface area contributed by atoms with Gasteiger partial charge in [0.05, 0.1) is 0 Å². The number of nitrogen functional groups attached to an aromatic ring is 4. The van der Waals surface area contributed by atoms with Gasteiger partial charge in [0.25, 0.3) is 0 Å². The number of rotatable bonds is 0. The first kappa shape index (κ1) is 23.3. The van der Waals surface area contributed by atoms with Crippen LogP contribution >= 0.6 is 49.6 Å². The van der Waals surface area contributed by atoms with Crippen molar-refractivity contribution in [2.45, 2.75) is 0 Å². The van der Waals surface area contributed by atoms with Gasteiger partial charge in [0.15, 0.2) is 11.6 Å². The summed E-state index contributed by atoms with van der Waals surface area (Å²) < 4.78 is 0. The topological polar surface area (TPSA) is 130 Å². The quantitative estimate of drug-likeness (QED) is 0.549. The molecule has 0 bridgehead atoms. The molecule has 10 heteroatoms. The summed E-state index contributed by atoms with van der Waals surface area (Å²) in [6, 6.07) is 0.